The van der Waals surface area contributed by atoms with E-state index in [4.69, 9.17) is 9.47 Å². The van der Waals surface area contributed by atoms with E-state index in [0.29, 0.717) is 4.75 Å². The van der Waals surface area contributed by atoms with Crippen LogP contribution in [0.4, 0.5) is 0 Å². The molecular formula is C16H28N2O3S. The number of ether oxygens (including phenoxy) is 2. The molecule has 1 atom stereocenters. The Hall–Kier alpha value is -0.300. The van der Waals surface area contributed by atoms with Gasteiger partial charge in [0.2, 0.25) is 5.91 Å². The first-order valence-electron chi connectivity index (χ1n) is 8.32. The first-order valence-corrected chi connectivity index (χ1v) is 9.31. The molecular weight excluding hydrogens is 300 g/mol. The van der Waals surface area contributed by atoms with Gasteiger partial charge in [0.1, 0.15) is 6.61 Å². The van der Waals surface area contributed by atoms with Gasteiger partial charge in [-0.15, -0.1) is 11.8 Å². The Labute approximate surface area is 137 Å². The predicted molar refractivity (Wildman–Crippen MR) is 88.2 cm³/mol. The molecule has 0 aliphatic carbocycles. The molecule has 3 saturated heterocycles. The van der Waals surface area contributed by atoms with Crippen molar-refractivity contribution in [1.82, 2.24) is 9.80 Å². The van der Waals surface area contributed by atoms with Crippen LogP contribution in [0.2, 0.25) is 0 Å². The fourth-order valence-electron chi connectivity index (χ4n) is 3.64. The molecule has 0 N–H and O–H groups in total. The van der Waals surface area contributed by atoms with E-state index in [1.165, 1.54) is 32.5 Å². The lowest BCUT2D eigenvalue weighted by Crippen LogP contribution is -2.60. The van der Waals surface area contributed by atoms with Crippen LogP contribution in [0, 0.1) is 5.92 Å². The number of amides is 1. The van der Waals surface area contributed by atoms with Crippen LogP contribution in [0.15, 0.2) is 0 Å². The molecule has 3 rings (SSSR count). The van der Waals surface area contributed by atoms with E-state index >= 15 is 0 Å². The number of likely N-dealkylation sites (N-methyl/N-ethyl adjacent to an activating group) is 1. The van der Waals surface area contributed by atoms with E-state index in [9.17, 15) is 4.79 Å². The number of nitrogens with zero attached hydrogens (tertiary/aromatic N) is 2. The molecule has 0 bridgehead atoms. The number of hydrogen-bond donors (Lipinski definition) is 0. The monoisotopic (exact) mass is 328 g/mol. The normalized spacial score (nSPS) is 28.7. The zero-order valence-electron chi connectivity index (χ0n) is 13.8. The van der Waals surface area contributed by atoms with Gasteiger partial charge in [-0.2, -0.15) is 0 Å². The quantitative estimate of drug-likeness (QED) is 0.755. The largest absolute Gasteiger partial charge is 0.381 e. The minimum Gasteiger partial charge on any atom is -0.381 e. The lowest BCUT2D eigenvalue weighted by atomic mass is 9.90. The van der Waals surface area contributed by atoms with Gasteiger partial charge in [0, 0.05) is 57.4 Å². The molecule has 5 nitrogen and oxygen atoms in total. The fourth-order valence-corrected chi connectivity index (χ4v) is 5.25. The average Bonchev–Trinajstić information content (AvgIpc) is 2.90. The summed E-state index contributed by atoms with van der Waals surface area (Å²) in [6, 6.07) is 0. The summed E-state index contributed by atoms with van der Waals surface area (Å²) in [4.78, 5) is 15.8. The van der Waals surface area contributed by atoms with Gasteiger partial charge >= 0.3 is 0 Å². The zero-order chi connectivity index (χ0) is 15.6. The van der Waals surface area contributed by atoms with Crippen LogP contribution in [0.5, 0.6) is 0 Å². The molecule has 3 aliphatic rings. The summed E-state index contributed by atoms with van der Waals surface area (Å²) in [6.45, 7) is 5.71. The molecule has 3 heterocycles. The molecule has 0 aromatic rings. The van der Waals surface area contributed by atoms with Crippen molar-refractivity contribution >= 4 is 17.7 Å². The average molecular weight is 328 g/mol. The highest BCUT2D eigenvalue weighted by molar-refractivity contribution is 8.01. The van der Waals surface area contributed by atoms with Gasteiger partial charge in [-0.1, -0.05) is 0 Å². The topological polar surface area (TPSA) is 42.0 Å². The van der Waals surface area contributed by atoms with Gasteiger partial charge in [-0.25, -0.2) is 0 Å². The van der Waals surface area contributed by atoms with Gasteiger partial charge in [0.15, 0.2) is 0 Å². The molecule has 3 aliphatic heterocycles. The maximum Gasteiger partial charge on any atom is 0.248 e. The predicted octanol–water partition coefficient (Wildman–Crippen LogP) is 1.08. The second-order valence-corrected chi connectivity index (χ2v) is 8.63. The van der Waals surface area contributed by atoms with E-state index in [-0.39, 0.29) is 18.6 Å². The lowest BCUT2D eigenvalue weighted by molar-refractivity contribution is -0.135. The number of rotatable bonds is 5. The number of carbonyl (C=O) groups excluding carboxylic acids is 1. The van der Waals surface area contributed by atoms with E-state index in [1.807, 2.05) is 11.8 Å². The van der Waals surface area contributed by atoms with Crippen LogP contribution >= 0.6 is 11.8 Å². The Morgan fingerprint density at radius 1 is 1.36 bits per heavy atom. The van der Waals surface area contributed by atoms with Crippen LogP contribution in [0.3, 0.4) is 0 Å². The van der Waals surface area contributed by atoms with Crippen LogP contribution < -0.4 is 0 Å². The molecule has 0 radical (unpaired) electrons. The zero-order valence-corrected chi connectivity index (χ0v) is 14.6. The van der Waals surface area contributed by atoms with E-state index < -0.39 is 0 Å². The third-order valence-corrected chi connectivity index (χ3v) is 6.57. The van der Waals surface area contributed by atoms with Gasteiger partial charge in [0.25, 0.3) is 0 Å². The Kier molecular flexibility index (Phi) is 5.32. The van der Waals surface area contributed by atoms with Crippen molar-refractivity contribution in [1.29, 1.82) is 0 Å². The van der Waals surface area contributed by atoms with Crippen molar-refractivity contribution in [3.8, 4) is 0 Å². The summed E-state index contributed by atoms with van der Waals surface area (Å²) in [5.74, 6) is 1.91. The SMILES string of the molecule is CN(C)C(=O)COC1CSC2(C1)CN(CC1CCOCC1)C2. The summed E-state index contributed by atoms with van der Waals surface area (Å²) < 4.78 is 11.6. The van der Waals surface area contributed by atoms with Crippen molar-refractivity contribution in [2.24, 2.45) is 5.92 Å². The maximum absolute atomic E-state index is 11.6. The van der Waals surface area contributed by atoms with E-state index in [0.717, 1.165) is 31.3 Å². The molecule has 6 heteroatoms. The van der Waals surface area contributed by atoms with E-state index in [1.54, 1.807) is 19.0 Å². The van der Waals surface area contributed by atoms with Gasteiger partial charge in [-0.05, 0) is 25.2 Å². The minimum atomic E-state index is 0.0562. The second-order valence-electron chi connectivity index (χ2n) is 7.14. The summed E-state index contributed by atoms with van der Waals surface area (Å²) in [5.41, 5.74) is 0. The van der Waals surface area contributed by atoms with Crippen molar-refractivity contribution in [3.63, 3.8) is 0 Å². The number of carbonyl (C=O) groups is 1. The number of hydrogen-bond acceptors (Lipinski definition) is 5. The van der Waals surface area contributed by atoms with Crippen LogP contribution in [-0.2, 0) is 14.3 Å². The Morgan fingerprint density at radius 3 is 2.77 bits per heavy atom. The smallest absolute Gasteiger partial charge is 0.248 e. The molecule has 1 unspecified atom stereocenters. The highest BCUT2D eigenvalue weighted by Gasteiger charge is 2.49. The molecule has 126 valence electrons. The van der Waals surface area contributed by atoms with Crippen molar-refractivity contribution in [2.45, 2.75) is 30.1 Å². The molecule has 22 heavy (non-hydrogen) atoms. The second kappa shape index (κ2) is 7.07. The summed E-state index contributed by atoms with van der Waals surface area (Å²) in [5, 5.41) is 0. The van der Waals surface area contributed by atoms with Crippen LogP contribution in [0.1, 0.15) is 19.3 Å². The Balaban J connectivity index is 1.36. The standard InChI is InChI=1S/C16H28N2O3S/c1-17(2)15(19)9-21-14-7-16(22-10-14)11-18(12-16)8-13-3-5-20-6-4-13/h13-14H,3-12H2,1-2H3. The molecule has 0 aromatic heterocycles. The highest BCUT2D eigenvalue weighted by Crippen LogP contribution is 2.46. The summed E-state index contributed by atoms with van der Waals surface area (Å²) >= 11 is 2.05. The van der Waals surface area contributed by atoms with Gasteiger partial charge < -0.3 is 19.3 Å². The van der Waals surface area contributed by atoms with Crippen molar-refractivity contribution in [2.75, 3.05) is 59.3 Å². The Morgan fingerprint density at radius 2 is 2.09 bits per heavy atom. The summed E-state index contributed by atoms with van der Waals surface area (Å²) in [7, 11) is 3.55. The first-order chi connectivity index (χ1) is 10.6. The highest BCUT2D eigenvalue weighted by atomic mass is 32.2. The van der Waals surface area contributed by atoms with Gasteiger partial charge in [0.05, 0.1) is 6.10 Å². The first kappa shape index (κ1) is 16.6. The molecule has 3 fully saturated rings. The van der Waals surface area contributed by atoms with Crippen LogP contribution in [-0.4, -0.2) is 85.9 Å². The molecule has 1 amide bonds. The Bertz CT molecular complexity index is 393. The van der Waals surface area contributed by atoms with Crippen LogP contribution in [0.25, 0.3) is 0 Å². The minimum absolute atomic E-state index is 0.0562. The number of likely N-dealkylation sites (tertiary alicyclic amines) is 1. The van der Waals surface area contributed by atoms with Crippen molar-refractivity contribution in [3.05, 3.63) is 0 Å². The lowest BCUT2D eigenvalue weighted by Gasteiger charge is -2.49. The third-order valence-electron chi connectivity index (χ3n) is 5.00. The van der Waals surface area contributed by atoms with Crippen molar-refractivity contribution < 1.29 is 14.3 Å². The third kappa shape index (κ3) is 3.96. The van der Waals surface area contributed by atoms with E-state index in [2.05, 4.69) is 4.90 Å². The number of thioether (sulfide) groups is 1. The van der Waals surface area contributed by atoms with Gasteiger partial charge in [-0.3, -0.25) is 4.79 Å². The maximum atomic E-state index is 11.6. The fraction of sp³-hybridized carbons (Fsp3) is 0.938. The molecule has 0 saturated carbocycles. The summed E-state index contributed by atoms with van der Waals surface area (Å²) in [6.07, 6.45) is 3.78. The molecule has 1 spiro atoms. The molecule has 0 aromatic carbocycles.